The molecule has 0 aromatic carbocycles. The first-order valence-corrected chi connectivity index (χ1v) is 7.35. The summed E-state index contributed by atoms with van der Waals surface area (Å²) in [4.78, 5) is 4.59. The second-order valence-corrected chi connectivity index (χ2v) is 7.51. The molecule has 0 N–H and O–H groups in total. The van der Waals surface area contributed by atoms with Gasteiger partial charge in [0, 0.05) is 17.4 Å². The monoisotopic (exact) mass is 283 g/mol. The molecular formula is C16H26ClNO. The summed E-state index contributed by atoms with van der Waals surface area (Å²) in [6.45, 7) is 13.7. The van der Waals surface area contributed by atoms with Gasteiger partial charge in [0.05, 0.1) is 12.3 Å². The number of rotatable bonds is 4. The lowest BCUT2D eigenvalue weighted by Gasteiger charge is -2.21. The zero-order chi connectivity index (χ0) is 14.7. The van der Waals surface area contributed by atoms with Crippen LogP contribution in [0.3, 0.4) is 0 Å². The molecule has 0 aliphatic carbocycles. The van der Waals surface area contributed by atoms with Crippen molar-refractivity contribution >= 4 is 11.6 Å². The lowest BCUT2D eigenvalue weighted by Crippen LogP contribution is -2.16. The van der Waals surface area contributed by atoms with Crippen molar-refractivity contribution in [3.63, 3.8) is 0 Å². The fourth-order valence-corrected chi connectivity index (χ4v) is 1.71. The van der Waals surface area contributed by atoms with Gasteiger partial charge in [-0.3, -0.25) is 0 Å². The molecule has 0 saturated carbocycles. The van der Waals surface area contributed by atoms with E-state index in [-0.39, 0.29) is 10.8 Å². The van der Waals surface area contributed by atoms with E-state index in [1.807, 2.05) is 6.07 Å². The summed E-state index contributed by atoms with van der Waals surface area (Å²) in [7, 11) is 0. The second-order valence-electron chi connectivity index (χ2n) is 7.24. The van der Waals surface area contributed by atoms with Crippen LogP contribution >= 0.6 is 11.6 Å². The Kier molecular flexibility index (Phi) is 5.26. The third-order valence-corrected chi connectivity index (χ3v) is 3.19. The number of hydrogen-bond donors (Lipinski definition) is 0. The van der Waals surface area contributed by atoms with Gasteiger partial charge in [-0.2, -0.15) is 0 Å². The fraction of sp³-hybridized carbons (Fsp3) is 0.688. The first-order valence-electron chi connectivity index (χ1n) is 6.82. The van der Waals surface area contributed by atoms with Crippen molar-refractivity contribution in [2.24, 2.45) is 5.41 Å². The molecule has 0 atom stereocenters. The van der Waals surface area contributed by atoms with Crippen LogP contribution < -0.4 is 4.74 Å². The number of nitrogens with zero attached hydrogens (tertiary/aromatic N) is 1. The van der Waals surface area contributed by atoms with Crippen molar-refractivity contribution in [3.8, 4) is 5.88 Å². The average Bonchev–Trinajstić information content (AvgIpc) is 2.25. The highest BCUT2D eigenvalue weighted by Gasteiger charge is 2.18. The number of hydrogen-bond acceptors (Lipinski definition) is 2. The highest BCUT2D eigenvalue weighted by molar-refractivity contribution is 6.17. The van der Waals surface area contributed by atoms with Gasteiger partial charge < -0.3 is 4.74 Å². The maximum absolute atomic E-state index is 5.94. The molecule has 1 aromatic rings. The van der Waals surface area contributed by atoms with Gasteiger partial charge in [0.25, 0.3) is 0 Å². The molecule has 0 fully saturated rings. The number of ether oxygens (including phenoxy) is 1. The predicted molar refractivity (Wildman–Crippen MR) is 82.1 cm³/mol. The lowest BCUT2D eigenvalue weighted by atomic mass is 9.91. The highest BCUT2D eigenvalue weighted by Crippen LogP contribution is 2.25. The summed E-state index contributed by atoms with van der Waals surface area (Å²) in [5, 5.41) is 0. The van der Waals surface area contributed by atoms with Gasteiger partial charge in [-0.1, -0.05) is 41.5 Å². The average molecular weight is 284 g/mol. The Morgan fingerprint density at radius 1 is 1.11 bits per heavy atom. The standard InChI is InChI=1S/C16H26ClNO/c1-15(2,3)7-8-19-14-10-12(11-17)9-13(18-14)16(4,5)6/h9-10H,7-8,11H2,1-6H3. The summed E-state index contributed by atoms with van der Waals surface area (Å²) in [6.07, 6.45) is 1.00. The molecule has 1 heterocycles. The SMILES string of the molecule is CC(C)(C)CCOc1cc(CCl)cc(C(C)(C)C)n1. The molecule has 0 bridgehead atoms. The highest BCUT2D eigenvalue weighted by atomic mass is 35.5. The minimum Gasteiger partial charge on any atom is -0.478 e. The number of halogens is 1. The van der Waals surface area contributed by atoms with E-state index in [1.54, 1.807) is 0 Å². The second kappa shape index (κ2) is 6.13. The van der Waals surface area contributed by atoms with Gasteiger partial charge in [-0.25, -0.2) is 4.98 Å². The molecule has 0 saturated heterocycles. The van der Waals surface area contributed by atoms with E-state index < -0.39 is 0 Å². The van der Waals surface area contributed by atoms with Gasteiger partial charge in [-0.15, -0.1) is 11.6 Å². The molecular weight excluding hydrogens is 258 g/mol. The third kappa shape index (κ3) is 5.82. The first-order chi connectivity index (χ1) is 8.62. The van der Waals surface area contributed by atoms with Crippen LogP contribution in [0, 0.1) is 5.41 Å². The van der Waals surface area contributed by atoms with Crippen LogP contribution in [0.2, 0.25) is 0 Å². The number of pyridine rings is 1. The Morgan fingerprint density at radius 3 is 2.21 bits per heavy atom. The Labute approximate surface area is 122 Å². The van der Waals surface area contributed by atoms with Crippen LogP contribution in [0.1, 0.15) is 59.2 Å². The normalized spacial score (nSPS) is 12.6. The zero-order valence-electron chi connectivity index (χ0n) is 13.0. The summed E-state index contributed by atoms with van der Waals surface area (Å²) < 4.78 is 5.79. The minimum absolute atomic E-state index is 0.00417. The van der Waals surface area contributed by atoms with Crippen molar-refractivity contribution in [2.45, 2.75) is 59.3 Å². The molecule has 0 amide bonds. The van der Waals surface area contributed by atoms with E-state index in [0.29, 0.717) is 18.4 Å². The molecule has 0 aliphatic rings. The van der Waals surface area contributed by atoms with Crippen molar-refractivity contribution in [1.29, 1.82) is 0 Å². The van der Waals surface area contributed by atoms with Crippen LogP contribution in [0.5, 0.6) is 5.88 Å². The summed E-state index contributed by atoms with van der Waals surface area (Å²) in [5.74, 6) is 1.17. The summed E-state index contributed by atoms with van der Waals surface area (Å²) in [5.41, 5.74) is 2.37. The molecule has 1 rings (SSSR count). The third-order valence-electron chi connectivity index (χ3n) is 2.89. The molecule has 0 spiro atoms. The maximum atomic E-state index is 5.94. The molecule has 3 heteroatoms. The Hall–Kier alpha value is -0.760. The van der Waals surface area contributed by atoms with E-state index in [0.717, 1.165) is 17.7 Å². The predicted octanol–water partition coefficient (Wildman–Crippen LogP) is 4.93. The fourth-order valence-electron chi connectivity index (χ4n) is 1.56. The number of alkyl halides is 1. The minimum atomic E-state index is 0.00417. The Bertz CT molecular complexity index is 416. The first kappa shape index (κ1) is 16.3. The van der Waals surface area contributed by atoms with Crippen LogP contribution in [0.25, 0.3) is 0 Å². The van der Waals surface area contributed by atoms with Gasteiger partial charge in [0.2, 0.25) is 5.88 Å². The Balaban J connectivity index is 2.83. The van der Waals surface area contributed by atoms with E-state index in [1.165, 1.54) is 0 Å². The molecule has 0 unspecified atom stereocenters. The lowest BCUT2D eigenvalue weighted by molar-refractivity contribution is 0.235. The molecule has 108 valence electrons. The van der Waals surface area contributed by atoms with Crippen molar-refractivity contribution in [2.75, 3.05) is 6.61 Å². The van der Waals surface area contributed by atoms with Crippen LogP contribution in [0.15, 0.2) is 12.1 Å². The van der Waals surface area contributed by atoms with E-state index in [2.05, 4.69) is 52.6 Å². The van der Waals surface area contributed by atoms with Gasteiger partial charge in [0.15, 0.2) is 0 Å². The van der Waals surface area contributed by atoms with Crippen LogP contribution in [0.4, 0.5) is 0 Å². The van der Waals surface area contributed by atoms with Crippen molar-refractivity contribution in [3.05, 3.63) is 23.4 Å². The molecule has 0 aliphatic heterocycles. The molecule has 19 heavy (non-hydrogen) atoms. The molecule has 1 aromatic heterocycles. The smallest absolute Gasteiger partial charge is 0.213 e. The quantitative estimate of drug-likeness (QED) is 0.731. The van der Waals surface area contributed by atoms with Crippen molar-refractivity contribution in [1.82, 2.24) is 4.98 Å². The van der Waals surface area contributed by atoms with E-state index in [9.17, 15) is 0 Å². The molecule has 0 radical (unpaired) electrons. The zero-order valence-corrected chi connectivity index (χ0v) is 13.8. The van der Waals surface area contributed by atoms with Gasteiger partial charge in [0.1, 0.15) is 0 Å². The maximum Gasteiger partial charge on any atom is 0.213 e. The molecule has 2 nitrogen and oxygen atoms in total. The van der Waals surface area contributed by atoms with Gasteiger partial charge in [-0.05, 0) is 23.5 Å². The summed E-state index contributed by atoms with van der Waals surface area (Å²) in [6, 6.07) is 3.99. The van der Waals surface area contributed by atoms with E-state index in [4.69, 9.17) is 16.3 Å². The van der Waals surface area contributed by atoms with Crippen molar-refractivity contribution < 1.29 is 4.74 Å². The Morgan fingerprint density at radius 2 is 1.74 bits per heavy atom. The van der Waals surface area contributed by atoms with Crippen LogP contribution in [-0.4, -0.2) is 11.6 Å². The van der Waals surface area contributed by atoms with E-state index >= 15 is 0 Å². The number of aromatic nitrogens is 1. The van der Waals surface area contributed by atoms with Gasteiger partial charge >= 0.3 is 0 Å². The largest absolute Gasteiger partial charge is 0.478 e. The van der Waals surface area contributed by atoms with Crippen LogP contribution in [-0.2, 0) is 11.3 Å². The summed E-state index contributed by atoms with van der Waals surface area (Å²) >= 11 is 5.94. The topological polar surface area (TPSA) is 22.1 Å².